The van der Waals surface area contributed by atoms with Crippen LogP contribution in [-0.2, 0) is 6.42 Å². The number of carboxylic acids is 1. The first-order chi connectivity index (χ1) is 10.1. The Labute approximate surface area is 128 Å². The van der Waals surface area contributed by atoms with Gasteiger partial charge in [0, 0.05) is 5.56 Å². The number of carbonyl (C=O) groups is 1. The SMILES string of the molecule is CC(C)Cc1nc(-c2ccccc2C2CC2)sc1C(=O)O. The number of aromatic nitrogens is 1. The van der Waals surface area contributed by atoms with Gasteiger partial charge in [0.1, 0.15) is 9.88 Å². The molecule has 3 rings (SSSR count). The lowest BCUT2D eigenvalue weighted by Crippen LogP contribution is -2.02. The fourth-order valence-electron chi connectivity index (χ4n) is 2.60. The first-order valence-corrected chi connectivity index (χ1v) is 8.20. The summed E-state index contributed by atoms with van der Waals surface area (Å²) in [5.74, 6) is 0.168. The van der Waals surface area contributed by atoms with E-state index in [0.717, 1.165) is 16.3 Å². The van der Waals surface area contributed by atoms with Crippen LogP contribution in [0.1, 0.15) is 53.5 Å². The highest BCUT2D eigenvalue weighted by molar-refractivity contribution is 7.17. The highest BCUT2D eigenvalue weighted by Gasteiger charge is 2.28. The highest BCUT2D eigenvalue weighted by Crippen LogP contribution is 2.45. The molecule has 3 nitrogen and oxygen atoms in total. The molecule has 0 radical (unpaired) electrons. The van der Waals surface area contributed by atoms with Crippen LogP contribution in [0.3, 0.4) is 0 Å². The van der Waals surface area contributed by atoms with Crippen molar-refractivity contribution in [3.05, 3.63) is 40.4 Å². The maximum atomic E-state index is 11.4. The van der Waals surface area contributed by atoms with Crippen LogP contribution in [0.25, 0.3) is 10.6 Å². The molecule has 4 heteroatoms. The Balaban J connectivity index is 2.05. The fraction of sp³-hybridized carbons (Fsp3) is 0.412. The van der Waals surface area contributed by atoms with E-state index in [9.17, 15) is 9.90 Å². The lowest BCUT2D eigenvalue weighted by molar-refractivity contribution is 0.0700. The van der Waals surface area contributed by atoms with Crippen molar-refractivity contribution in [3.8, 4) is 10.6 Å². The third-order valence-electron chi connectivity index (χ3n) is 3.70. The van der Waals surface area contributed by atoms with Crippen LogP contribution in [-0.4, -0.2) is 16.1 Å². The van der Waals surface area contributed by atoms with E-state index in [0.29, 0.717) is 23.1 Å². The van der Waals surface area contributed by atoms with E-state index in [4.69, 9.17) is 0 Å². The summed E-state index contributed by atoms with van der Waals surface area (Å²) in [4.78, 5) is 16.5. The minimum atomic E-state index is -0.863. The summed E-state index contributed by atoms with van der Waals surface area (Å²) in [7, 11) is 0. The minimum absolute atomic E-state index is 0.393. The Morgan fingerprint density at radius 2 is 2.10 bits per heavy atom. The summed E-state index contributed by atoms with van der Waals surface area (Å²) < 4.78 is 0. The first kappa shape index (κ1) is 14.3. The molecule has 0 atom stereocenters. The van der Waals surface area contributed by atoms with Crippen LogP contribution in [0.5, 0.6) is 0 Å². The molecule has 0 spiro atoms. The summed E-state index contributed by atoms with van der Waals surface area (Å²) >= 11 is 1.31. The fourth-order valence-corrected chi connectivity index (χ4v) is 3.58. The molecule has 1 fully saturated rings. The van der Waals surface area contributed by atoms with Crippen molar-refractivity contribution in [2.75, 3.05) is 0 Å². The zero-order valence-electron chi connectivity index (χ0n) is 12.3. The maximum absolute atomic E-state index is 11.4. The van der Waals surface area contributed by atoms with Crippen LogP contribution in [0.2, 0.25) is 0 Å². The van der Waals surface area contributed by atoms with Crippen LogP contribution < -0.4 is 0 Å². The number of benzene rings is 1. The Kier molecular flexibility index (Phi) is 3.81. The van der Waals surface area contributed by atoms with Gasteiger partial charge in [-0.15, -0.1) is 11.3 Å². The van der Waals surface area contributed by atoms with Gasteiger partial charge < -0.3 is 5.11 Å². The van der Waals surface area contributed by atoms with Gasteiger partial charge in [0.15, 0.2) is 0 Å². The van der Waals surface area contributed by atoms with Crippen molar-refractivity contribution >= 4 is 17.3 Å². The first-order valence-electron chi connectivity index (χ1n) is 7.38. The van der Waals surface area contributed by atoms with Gasteiger partial charge in [-0.1, -0.05) is 38.1 Å². The minimum Gasteiger partial charge on any atom is -0.477 e. The second-order valence-corrected chi connectivity index (χ2v) is 7.06. The standard InChI is InChI=1S/C17H19NO2S/c1-10(2)9-14-15(17(19)20)21-16(18-14)13-6-4-3-5-12(13)11-7-8-11/h3-6,10-11H,7-9H2,1-2H3,(H,19,20). The normalized spacial score (nSPS) is 14.6. The average Bonchev–Trinajstić information content (AvgIpc) is 3.19. The molecule has 0 amide bonds. The molecule has 110 valence electrons. The molecule has 1 saturated carbocycles. The molecule has 1 heterocycles. The molecule has 1 N–H and O–H groups in total. The highest BCUT2D eigenvalue weighted by atomic mass is 32.1. The second-order valence-electron chi connectivity index (χ2n) is 6.06. The third-order valence-corrected chi connectivity index (χ3v) is 4.82. The molecule has 1 aromatic heterocycles. The van der Waals surface area contributed by atoms with Crippen molar-refractivity contribution in [3.63, 3.8) is 0 Å². The number of thiazole rings is 1. The maximum Gasteiger partial charge on any atom is 0.347 e. The van der Waals surface area contributed by atoms with E-state index in [2.05, 4.69) is 37.0 Å². The van der Waals surface area contributed by atoms with E-state index in [1.807, 2.05) is 6.07 Å². The Bertz CT molecular complexity index is 671. The number of rotatable bonds is 5. The number of hydrogen-bond donors (Lipinski definition) is 1. The Morgan fingerprint density at radius 3 is 2.71 bits per heavy atom. The van der Waals surface area contributed by atoms with Crippen molar-refractivity contribution in [1.82, 2.24) is 4.98 Å². The molecule has 21 heavy (non-hydrogen) atoms. The van der Waals surface area contributed by atoms with Gasteiger partial charge in [-0.2, -0.15) is 0 Å². The van der Waals surface area contributed by atoms with E-state index in [1.165, 1.54) is 29.7 Å². The monoisotopic (exact) mass is 301 g/mol. The van der Waals surface area contributed by atoms with Gasteiger partial charge in [0.25, 0.3) is 0 Å². The number of hydrogen-bond acceptors (Lipinski definition) is 3. The molecule has 0 saturated heterocycles. The zero-order valence-corrected chi connectivity index (χ0v) is 13.1. The van der Waals surface area contributed by atoms with Gasteiger partial charge in [0.05, 0.1) is 5.69 Å². The predicted molar refractivity (Wildman–Crippen MR) is 85.0 cm³/mol. The van der Waals surface area contributed by atoms with Gasteiger partial charge in [-0.25, -0.2) is 9.78 Å². The van der Waals surface area contributed by atoms with Crippen LogP contribution in [0.4, 0.5) is 0 Å². The Hall–Kier alpha value is -1.68. The largest absolute Gasteiger partial charge is 0.477 e. The van der Waals surface area contributed by atoms with Crippen LogP contribution in [0, 0.1) is 5.92 Å². The topological polar surface area (TPSA) is 50.2 Å². The number of carboxylic acid groups (broad SMARTS) is 1. The van der Waals surface area contributed by atoms with Crippen LogP contribution in [0.15, 0.2) is 24.3 Å². The smallest absolute Gasteiger partial charge is 0.347 e. The van der Waals surface area contributed by atoms with E-state index in [-0.39, 0.29) is 0 Å². The quantitative estimate of drug-likeness (QED) is 0.879. The van der Waals surface area contributed by atoms with Gasteiger partial charge >= 0.3 is 5.97 Å². The molecule has 0 bridgehead atoms. The molecule has 1 aliphatic rings. The lowest BCUT2D eigenvalue weighted by atomic mass is 10.0. The molecular formula is C17H19NO2S. The second kappa shape index (κ2) is 5.60. The number of aromatic carboxylic acids is 1. The Morgan fingerprint density at radius 1 is 1.38 bits per heavy atom. The van der Waals surface area contributed by atoms with Crippen molar-refractivity contribution in [2.24, 2.45) is 5.92 Å². The summed E-state index contributed by atoms with van der Waals surface area (Å²) in [6.07, 6.45) is 3.17. The summed E-state index contributed by atoms with van der Waals surface area (Å²) in [5.41, 5.74) is 3.16. The molecule has 1 aromatic carbocycles. The summed E-state index contributed by atoms with van der Waals surface area (Å²) in [5, 5.41) is 10.3. The molecule has 0 unspecified atom stereocenters. The van der Waals surface area contributed by atoms with E-state index >= 15 is 0 Å². The van der Waals surface area contributed by atoms with Gasteiger partial charge in [-0.3, -0.25) is 0 Å². The third kappa shape index (κ3) is 3.00. The molecule has 0 aliphatic heterocycles. The zero-order chi connectivity index (χ0) is 15.0. The van der Waals surface area contributed by atoms with Crippen molar-refractivity contribution in [2.45, 2.75) is 39.0 Å². The summed E-state index contributed by atoms with van der Waals surface area (Å²) in [6.45, 7) is 4.17. The average molecular weight is 301 g/mol. The summed E-state index contributed by atoms with van der Waals surface area (Å²) in [6, 6.07) is 8.28. The predicted octanol–water partition coefficient (Wildman–Crippen LogP) is 4.58. The van der Waals surface area contributed by atoms with Gasteiger partial charge in [0.2, 0.25) is 0 Å². The van der Waals surface area contributed by atoms with E-state index in [1.54, 1.807) is 0 Å². The molecular weight excluding hydrogens is 282 g/mol. The molecule has 2 aromatic rings. The van der Waals surface area contributed by atoms with Crippen molar-refractivity contribution in [1.29, 1.82) is 0 Å². The lowest BCUT2D eigenvalue weighted by Gasteiger charge is -2.05. The van der Waals surface area contributed by atoms with Crippen LogP contribution >= 0.6 is 11.3 Å². The molecule has 1 aliphatic carbocycles. The van der Waals surface area contributed by atoms with E-state index < -0.39 is 5.97 Å². The van der Waals surface area contributed by atoms with Crippen molar-refractivity contribution < 1.29 is 9.90 Å². The number of nitrogens with zero attached hydrogens (tertiary/aromatic N) is 1. The van der Waals surface area contributed by atoms with Gasteiger partial charge in [-0.05, 0) is 36.7 Å².